The molecule has 1 amide bonds. The molecule has 9 nitrogen and oxygen atoms in total. The number of aromatic nitrogens is 2. The van der Waals surface area contributed by atoms with E-state index >= 15 is 0 Å². The van der Waals surface area contributed by atoms with Crippen LogP contribution in [0.4, 0.5) is 5.69 Å². The van der Waals surface area contributed by atoms with E-state index in [0.717, 1.165) is 5.56 Å². The first-order chi connectivity index (χ1) is 12.8. The van der Waals surface area contributed by atoms with E-state index in [1.54, 1.807) is 6.92 Å². The minimum absolute atomic E-state index is 0.117. The van der Waals surface area contributed by atoms with E-state index in [9.17, 15) is 19.7 Å². The highest BCUT2D eigenvalue weighted by Crippen LogP contribution is 2.21. The summed E-state index contributed by atoms with van der Waals surface area (Å²) in [7, 11) is 0. The van der Waals surface area contributed by atoms with Crippen molar-refractivity contribution in [1.29, 1.82) is 0 Å². The molecular formula is C18H22N4O5. The van der Waals surface area contributed by atoms with Crippen LogP contribution in [0, 0.1) is 24.0 Å². The second kappa shape index (κ2) is 8.93. The van der Waals surface area contributed by atoms with Gasteiger partial charge in [-0.25, -0.2) is 4.79 Å². The van der Waals surface area contributed by atoms with Crippen LogP contribution in [0.5, 0.6) is 0 Å². The molecule has 0 aliphatic heterocycles. The van der Waals surface area contributed by atoms with E-state index in [2.05, 4.69) is 10.4 Å². The lowest BCUT2D eigenvalue weighted by atomic mass is 10.1. The Bertz CT molecular complexity index is 832. The Labute approximate surface area is 156 Å². The van der Waals surface area contributed by atoms with Gasteiger partial charge in [-0.15, -0.1) is 0 Å². The molecule has 1 aromatic carbocycles. The first kappa shape index (κ1) is 20.1. The van der Waals surface area contributed by atoms with Gasteiger partial charge in [-0.1, -0.05) is 30.3 Å². The van der Waals surface area contributed by atoms with Crippen molar-refractivity contribution in [3.05, 3.63) is 57.4 Å². The zero-order chi connectivity index (χ0) is 20.0. The fourth-order valence-corrected chi connectivity index (χ4v) is 2.77. The van der Waals surface area contributed by atoms with Gasteiger partial charge in [-0.05, 0) is 26.3 Å². The standard InChI is InChI=1S/C18H22N4O5/c1-4-27-18(24)15(10-14-8-6-5-7-9-14)19-16(23)11-21-13(3)17(22(25)26)12(2)20-21/h5-9,15H,4,10-11H2,1-3H3,(H,19,23)/t15-/m1/s1. The molecule has 144 valence electrons. The molecular weight excluding hydrogens is 352 g/mol. The SMILES string of the molecule is CCOC(=O)[C@@H](Cc1ccccc1)NC(=O)Cn1nc(C)c([N+](=O)[O-])c1C. The first-order valence-electron chi connectivity index (χ1n) is 8.51. The minimum Gasteiger partial charge on any atom is -0.464 e. The second-order valence-corrected chi connectivity index (χ2v) is 6.00. The summed E-state index contributed by atoms with van der Waals surface area (Å²) >= 11 is 0. The number of rotatable bonds is 8. The van der Waals surface area contributed by atoms with Crippen molar-refractivity contribution in [2.45, 2.75) is 39.8 Å². The van der Waals surface area contributed by atoms with Gasteiger partial charge in [-0.3, -0.25) is 19.6 Å². The van der Waals surface area contributed by atoms with Gasteiger partial charge in [0.1, 0.15) is 24.0 Å². The van der Waals surface area contributed by atoms with Crippen molar-refractivity contribution in [2.24, 2.45) is 0 Å². The van der Waals surface area contributed by atoms with Gasteiger partial charge >= 0.3 is 11.7 Å². The lowest BCUT2D eigenvalue weighted by Gasteiger charge is -2.17. The summed E-state index contributed by atoms with van der Waals surface area (Å²) in [6.07, 6.45) is 0.280. The Morgan fingerprint density at radius 2 is 1.96 bits per heavy atom. The molecule has 0 spiro atoms. The third-order valence-corrected chi connectivity index (χ3v) is 4.01. The molecule has 1 aromatic heterocycles. The molecule has 0 aliphatic rings. The van der Waals surface area contributed by atoms with E-state index in [0.29, 0.717) is 0 Å². The smallest absolute Gasteiger partial charge is 0.328 e. The van der Waals surface area contributed by atoms with Gasteiger partial charge in [0.15, 0.2) is 0 Å². The van der Waals surface area contributed by atoms with Gasteiger partial charge in [0, 0.05) is 6.42 Å². The molecule has 1 N–H and O–H groups in total. The van der Waals surface area contributed by atoms with Crippen LogP contribution in [0.3, 0.4) is 0 Å². The number of hydrogen-bond acceptors (Lipinski definition) is 6. The van der Waals surface area contributed by atoms with E-state index in [-0.39, 0.29) is 36.6 Å². The van der Waals surface area contributed by atoms with Crippen molar-refractivity contribution < 1.29 is 19.2 Å². The minimum atomic E-state index is -0.855. The number of carbonyl (C=O) groups is 2. The molecule has 0 unspecified atom stereocenters. The van der Waals surface area contributed by atoms with Gasteiger partial charge in [0.2, 0.25) is 5.91 Å². The summed E-state index contributed by atoms with van der Waals surface area (Å²) in [6.45, 7) is 4.69. The average Bonchev–Trinajstić information content (AvgIpc) is 2.89. The van der Waals surface area contributed by atoms with Gasteiger partial charge in [0.25, 0.3) is 0 Å². The van der Waals surface area contributed by atoms with Crippen LogP contribution in [0.1, 0.15) is 23.9 Å². The number of amides is 1. The average molecular weight is 374 g/mol. The quantitative estimate of drug-likeness (QED) is 0.427. The van der Waals surface area contributed by atoms with E-state index < -0.39 is 22.8 Å². The predicted molar refractivity (Wildman–Crippen MR) is 97.1 cm³/mol. The lowest BCUT2D eigenvalue weighted by molar-refractivity contribution is -0.386. The van der Waals surface area contributed by atoms with Crippen LogP contribution in [0.15, 0.2) is 30.3 Å². The number of nitro groups is 1. The Morgan fingerprint density at radius 1 is 1.30 bits per heavy atom. The fraction of sp³-hybridized carbons (Fsp3) is 0.389. The number of aryl methyl sites for hydroxylation is 1. The Balaban J connectivity index is 2.12. The van der Waals surface area contributed by atoms with Crippen molar-refractivity contribution in [1.82, 2.24) is 15.1 Å². The highest BCUT2D eigenvalue weighted by molar-refractivity contribution is 5.84. The molecule has 0 aliphatic carbocycles. The molecule has 2 rings (SSSR count). The zero-order valence-electron chi connectivity index (χ0n) is 15.5. The normalized spacial score (nSPS) is 11.7. The number of hydrogen-bond donors (Lipinski definition) is 1. The maximum atomic E-state index is 12.4. The van der Waals surface area contributed by atoms with Crippen molar-refractivity contribution in [2.75, 3.05) is 6.61 Å². The van der Waals surface area contributed by atoms with Crippen molar-refractivity contribution in [3.8, 4) is 0 Å². The molecule has 27 heavy (non-hydrogen) atoms. The number of ether oxygens (including phenoxy) is 1. The second-order valence-electron chi connectivity index (χ2n) is 6.00. The van der Waals surface area contributed by atoms with Crippen LogP contribution in [0.2, 0.25) is 0 Å². The summed E-state index contributed by atoms with van der Waals surface area (Å²) < 4.78 is 6.30. The molecule has 0 saturated carbocycles. The molecule has 0 fully saturated rings. The van der Waals surface area contributed by atoms with Crippen LogP contribution >= 0.6 is 0 Å². The van der Waals surface area contributed by atoms with Crippen molar-refractivity contribution >= 4 is 17.6 Å². The Morgan fingerprint density at radius 3 is 2.52 bits per heavy atom. The highest BCUT2D eigenvalue weighted by atomic mass is 16.6. The van der Waals surface area contributed by atoms with Crippen LogP contribution in [-0.4, -0.2) is 39.2 Å². The zero-order valence-corrected chi connectivity index (χ0v) is 15.5. The molecule has 1 atom stereocenters. The number of carbonyl (C=O) groups excluding carboxylic acids is 2. The number of benzene rings is 1. The van der Waals surface area contributed by atoms with E-state index in [1.807, 2.05) is 30.3 Å². The summed E-state index contributed by atoms with van der Waals surface area (Å²) in [5.41, 5.74) is 1.27. The van der Waals surface area contributed by atoms with Gasteiger partial charge in [0.05, 0.1) is 11.5 Å². The maximum absolute atomic E-state index is 12.4. The molecule has 0 radical (unpaired) electrons. The van der Waals surface area contributed by atoms with E-state index in [1.165, 1.54) is 18.5 Å². The third-order valence-electron chi connectivity index (χ3n) is 4.01. The predicted octanol–water partition coefficient (Wildman–Crippen LogP) is 1.70. The molecule has 0 saturated heterocycles. The first-order valence-corrected chi connectivity index (χ1v) is 8.51. The lowest BCUT2D eigenvalue weighted by Crippen LogP contribution is -2.44. The molecule has 2 aromatic rings. The monoisotopic (exact) mass is 374 g/mol. The summed E-state index contributed by atoms with van der Waals surface area (Å²) in [6, 6.07) is 8.39. The maximum Gasteiger partial charge on any atom is 0.328 e. The summed E-state index contributed by atoms with van der Waals surface area (Å²) in [5.74, 6) is -1.02. The number of nitrogens with zero attached hydrogens (tertiary/aromatic N) is 3. The van der Waals surface area contributed by atoms with Crippen LogP contribution in [-0.2, 0) is 27.3 Å². The van der Waals surface area contributed by atoms with Crippen molar-refractivity contribution in [3.63, 3.8) is 0 Å². The highest BCUT2D eigenvalue weighted by Gasteiger charge is 2.25. The molecule has 0 bridgehead atoms. The summed E-state index contributed by atoms with van der Waals surface area (Å²) in [5, 5.41) is 17.8. The van der Waals surface area contributed by atoms with Crippen LogP contribution < -0.4 is 5.32 Å². The number of esters is 1. The molecule has 9 heteroatoms. The Kier molecular flexibility index (Phi) is 6.64. The third kappa shape index (κ3) is 5.13. The Hall–Kier alpha value is -3.23. The summed E-state index contributed by atoms with van der Waals surface area (Å²) in [4.78, 5) is 35.2. The topological polar surface area (TPSA) is 116 Å². The van der Waals surface area contributed by atoms with E-state index in [4.69, 9.17) is 4.74 Å². The number of nitrogens with one attached hydrogen (secondary N) is 1. The fourth-order valence-electron chi connectivity index (χ4n) is 2.77. The van der Waals surface area contributed by atoms with Gasteiger partial charge < -0.3 is 10.1 Å². The van der Waals surface area contributed by atoms with Crippen LogP contribution in [0.25, 0.3) is 0 Å². The molecule has 1 heterocycles. The van der Waals surface area contributed by atoms with Gasteiger partial charge in [-0.2, -0.15) is 5.10 Å². The largest absolute Gasteiger partial charge is 0.464 e.